The van der Waals surface area contributed by atoms with E-state index in [1.54, 1.807) is 6.07 Å². The average Bonchev–Trinajstić information content (AvgIpc) is 2.57. The third-order valence-electron chi connectivity index (χ3n) is 3.19. The Morgan fingerprint density at radius 3 is 2.22 bits per heavy atom. The number of halogens is 1. The van der Waals surface area contributed by atoms with Crippen molar-refractivity contribution in [1.29, 1.82) is 0 Å². The quantitative estimate of drug-likeness (QED) is 0.682. The smallest absolute Gasteiger partial charge is 0.255 e. The number of para-hydroxylation sites is 1. The molecule has 0 aliphatic carbocycles. The molecule has 3 aromatic rings. The van der Waals surface area contributed by atoms with Crippen LogP contribution in [0.5, 0.6) is 0 Å². The van der Waals surface area contributed by atoms with E-state index in [0.717, 1.165) is 11.4 Å². The van der Waals surface area contributed by atoms with E-state index in [9.17, 15) is 4.79 Å². The molecule has 1 aromatic heterocycles. The number of amides is 1. The number of nitrogens with zero attached hydrogens (tertiary/aromatic N) is 1. The molecule has 0 unspecified atom stereocenters. The first-order chi connectivity index (χ1) is 11.2. The van der Waals surface area contributed by atoms with Crippen LogP contribution >= 0.6 is 11.6 Å². The molecule has 1 amide bonds. The molecule has 0 spiro atoms. The predicted molar refractivity (Wildman–Crippen MR) is 93.4 cm³/mol. The highest BCUT2D eigenvalue weighted by molar-refractivity contribution is 6.29. The van der Waals surface area contributed by atoms with Crippen LogP contribution in [0.3, 0.4) is 0 Å². The van der Waals surface area contributed by atoms with Crippen molar-refractivity contribution >= 4 is 34.6 Å². The maximum atomic E-state index is 12.1. The summed E-state index contributed by atoms with van der Waals surface area (Å²) in [7, 11) is 0. The number of pyridine rings is 1. The van der Waals surface area contributed by atoms with Crippen LogP contribution in [0.4, 0.5) is 17.1 Å². The van der Waals surface area contributed by atoms with Gasteiger partial charge < -0.3 is 10.6 Å². The van der Waals surface area contributed by atoms with Crippen molar-refractivity contribution in [3.05, 3.63) is 83.6 Å². The van der Waals surface area contributed by atoms with Crippen LogP contribution in [0.1, 0.15) is 10.4 Å². The zero-order valence-corrected chi connectivity index (χ0v) is 12.9. The second kappa shape index (κ2) is 6.94. The number of carbonyl (C=O) groups is 1. The van der Waals surface area contributed by atoms with Crippen molar-refractivity contribution in [2.45, 2.75) is 0 Å². The van der Waals surface area contributed by atoms with Crippen molar-refractivity contribution < 1.29 is 4.79 Å². The molecule has 0 atom stereocenters. The highest BCUT2D eigenvalue weighted by atomic mass is 35.5. The van der Waals surface area contributed by atoms with Crippen LogP contribution in [0.15, 0.2) is 72.9 Å². The lowest BCUT2D eigenvalue weighted by molar-refractivity contribution is 0.102. The molecule has 0 aliphatic heterocycles. The van der Waals surface area contributed by atoms with Crippen LogP contribution in [0.2, 0.25) is 5.15 Å². The summed E-state index contributed by atoms with van der Waals surface area (Å²) in [5, 5.41) is 6.40. The second-order valence-corrected chi connectivity index (χ2v) is 5.28. The van der Waals surface area contributed by atoms with Gasteiger partial charge in [-0.25, -0.2) is 4.98 Å². The number of aromatic nitrogens is 1. The van der Waals surface area contributed by atoms with Gasteiger partial charge in [-0.1, -0.05) is 29.8 Å². The largest absolute Gasteiger partial charge is 0.356 e. The lowest BCUT2D eigenvalue weighted by atomic mass is 10.2. The molecule has 1 heterocycles. The van der Waals surface area contributed by atoms with Gasteiger partial charge in [0.1, 0.15) is 5.15 Å². The van der Waals surface area contributed by atoms with Gasteiger partial charge in [0.05, 0.1) is 0 Å². The molecule has 0 saturated heterocycles. The number of rotatable bonds is 4. The average molecular weight is 324 g/mol. The third kappa shape index (κ3) is 4.08. The Bertz CT molecular complexity index is 804. The van der Waals surface area contributed by atoms with Gasteiger partial charge in [0, 0.05) is 28.8 Å². The predicted octanol–water partition coefficient (Wildman–Crippen LogP) is 4.73. The molecule has 23 heavy (non-hydrogen) atoms. The van der Waals surface area contributed by atoms with E-state index in [1.165, 1.54) is 12.3 Å². The van der Waals surface area contributed by atoms with Crippen LogP contribution in [0, 0.1) is 0 Å². The van der Waals surface area contributed by atoms with E-state index < -0.39 is 0 Å². The van der Waals surface area contributed by atoms with Crippen molar-refractivity contribution in [2.24, 2.45) is 0 Å². The lowest BCUT2D eigenvalue weighted by Crippen LogP contribution is -2.11. The summed E-state index contributed by atoms with van der Waals surface area (Å²) in [5.74, 6) is -0.224. The fourth-order valence-corrected chi connectivity index (χ4v) is 2.25. The maximum absolute atomic E-state index is 12.1. The van der Waals surface area contributed by atoms with Gasteiger partial charge in [0.25, 0.3) is 5.91 Å². The molecule has 0 aliphatic rings. The van der Waals surface area contributed by atoms with Gasteiger partial charge in [0.15, 0.2) is 0 Å². The SMILES string of the molecule is O=C(Nc1ccc(Nc2ccccc2)cc1)c1ccnc(Cl)c1. The molecule has 2 aromatic carbocycles. The van der Waals surface area contributed by atoms with Crippen molar-refractivity contribution in [3.8, 4) is 0 Å². The number of nitrogens with one attached hydrogen (secondary N) is 2. The van der Waals surface area contributed by atoms with E-state index in [-0.39, 0.29) is 5.91 Å². The minimum absolute atomic E-state index is 0.224. The molecular weight excluding hydrogens is 310 g/mol. The van der Waals surface area contributed by atoms with E-state index in [0.29, 0.717) is 16.4 Å². The fourth-order valence-electron chi connectivity index (χ4n) is 2.07. The summed E-state index contributed by atoms with van der Waals surface area (Å²) in [4.78, 5) is 16.0. The van der Waals surface area contributed by atoms with E-state index in [2.05, 4.69) is 15.6 Å². The fraction of sp³-hybridized carbons (Fsp3) is 0. The number of hydrogen-bond donors (Lipinski definition) is 2. The molecule has 4 nitrogen and oxygen atoms in total. The van der Waals surface area contributed by atoms with Crippen LogP contribution in [-0.4, -0.2) is 10.9 Å². The first-order valence-electron chi connectivity index (χ1n) is 7.06. The second-order valence-electron chi connectivity index (χ2n) is 4.89. The topological polar surface area (TPSA) is 54.0 Å². The van der Waals surface area contributed by atoms with Crippen molar-refractivity contribution in [3.63, 3.8) is 0 Å². The van der Waals surface area contributed by atoms with Gasteiger partial charge in [-0.05, 0) is 48.5 Å². The molecule has 0 fully saturated rings. The Hall–Kier alpha value is -2.85. The molecular formula is C18H14ClN3O. The van der Waals surface area contributed by atoms with Crippen LogP contribution in [-0.2, 0) is 0 Å². The maximum Gasteiger partial charge on any atom is 0.255 e. The first kappa shape index (κ1) is 15.1. The van der Waals surface area contributed by atoms with Crippen LogP contribution in [0.25, 0.3) is 0 Å². The molecule has 0 bridgehead atoms. The minimum atomic E-state index is -0.224. The Labute approximate surface area is 139 Å². The Balaban J connectivity index is 1.67. The molecule has 5 heteroatoms. The van der Waals surface area contributed by atoms with Crippen molar-refractivity contribution in [1.82, 2.24) is 4.98 Å². The molecule has 0 radical (unpaired) electrons. The normalized spacial score (nSPS) is 10.1. The standard InChI is InChI=1S/C18H14ClN3O/c19-17-12-13(10-11-20-17)18(23)22-16-8-6-15(7-9-16)21-14-4-2-1-3-5-14/h1-12,21H,(H,22,23). The summed E-state index contributed by atoms with van der Waals surface area (Å²) in [6.07, 6.45) is 1.50. The molecule has 2 N–H and O–H groups in total. The summed E-state index contributed by atoms with van der Waals surface area (Å²) in [5.41, 5.74) is 3.13. The first-order valence-corrected chi connectivity index (χ1v) is 7.43. The van der Waals surface area contributed by atoms with E-state index in [4.69, 9.17) is 11.6 Å². The Morgan fingerprint density at radius 2 is 1.52 bits per heavy atom. The highest BCUT2D eigenvalue weighted by Gasteiger charge is 2.06. The summed E-state index contributed by atoms with van der Waals surface area (Å²) in [6.45, 7) is 0. The molecule has 0 saturated carbocycles. The Morgan fingerprint density at radius 1 is 0.870 bits per heavy atom. The minimum Gasteiger partial charge on any atom is -0.356 e. The highest BCUT2D eigenvalue weighted by Crippen LogP contribution is 2.19. The van der Waals surface area contributed by atoms with Crippen LogP contribution < -0.4 is 10.6 Å². The lowest BCUT2D eigenvalue weighted by Gasteiger charge is -2.09. The zero-order chi connectivity index (χ0) is 16.1. The van der Waals surface area contributed by atoms with Gasteiger partial charge in [0.2, 0.25) is 0 Å². The van der Waals surface area contributed by atoms with E-state index >= 15 is 0 Å². The van der Waals surface area contributed by atoms with Gasteiger partial charge in [-0.2, -0.15) is 0 Å². The number of benzene rings is 2. The number of hydrogen-bond acceptors (Lipinski definition) is 3. The van der Waals surface area contributed by atoms with E-state index in [1.807, 2.05) is 54.6 Å². The molecule has 114 valence electrons. The van der Waals surface area contributed by atoms with Gasteiger partial charge in [-0.3, -0.25) is 4.79 Å². The summed E-state index contributed by atoms with van der Waals surface area (Å²) < 4.78 is 0. The van der Waals surface area contributed by atoms with Gasteiger partial charge in [-0.15, -0.1) is 0 Å². The zero-order valence-electron chi connectivity index (χ0n) is 12.2. The summed E-state index contributed by atoms with van der Waals surface area (Å²) >= 11 is 5.79. The number of carbonyl (C=O) groups excluding carboxylic acids is 1. The third-order valence-corrected chi connectivity index (χ3v) is 3.40. The Kier molecular flexibility index (Phi) is 4.54. The number of anilines is 3. The van der Waals surface area contributed by atoms with Crippen molar-refractivity contribution in [2.75, 3.05) is 10.6 Å². The van der Waals surface area contributed by atoms with Gasteiger partial charge >= 0.3 is 0 Å². The molecule has 3 rings (SSSR count). The summed E-state index contributed by atoms with van der Waals surface area (Å²) in [6, 6.07) is 20.5. The monoisotopic (exact) mass is 323 g/mol.